The van der Waals surface area contributed by atoms with E-state index in [2.05, 4.69) is 13.5 Å². The highest BCUT2D eigenvalue weighted by molar-refractivity contribution is 5.87. The van der Waals surface area contributed by atoms with Gasteiger partial charge in [0.05, 0.1) is 18.8 Å². The van der Waals surface area contributed by atoms with E-state index in [0.29, 0.717) is 22.8 Å². The van der Waals surface area contributed by atoms with Crippen molar-refractivity contribution in [1.82, 2.24) is 0 Å². The maximum absolute atomic E-state index is 12.3. The van der Waals surface area contributed by atoms with Crippen LogP contribution in [-0.2, 0) is 19.0 Å². The molecule has 4 heteroatoms. The van der Waals surface area contributed by atoms with Crippen LogP contribution >= 0.6 is 0 Å². The molecule has 0 aromatic carbocycles. The van der Waals surface area contributed by atoms with Crippen LogP contribution in [0.3, 0.4) is 0 Å². The minimum Gasteiger partial charge on any atom is -0.456 e. The highest BCUT2D eigenvalue weighted by Crippen LogP contribution is 2.60. The van der Waals surface area contributed by atoms with Crippen LogP contribution in [0.15, 0.2) is 12.2 Å². The van der Waals surface area contributed by atoms with Crippen molar-refractivity contribution < 1.29 is 19.0 Å². The van der Waals surface area contributed by atoms with Gasteiger partial charge in [0, 0.05) is 24.0 Å². The van der Waals surface area contributed by atoms with E-state index < -0.39 is 0 Å². The van der Waals surface area contributed by atoms with Crippen molar-refractivity contribution in [3.8, 4) is 0 Å². The standard InChI is InChI=1S/C26H42O4/c1-4-9-24(18-28-19-24)10-7-5-6-8-11-29-25-13-21-12-22(14-25)16-26(15-21,17-25)30-23(27)20(2)3/h21-22H,2,4-19H2,1,3H3. The summed E-state index contributed by atoms with van der Waals surface area (Å²) >= 11 is 0. The summed E-state index contributed by atoms with van der Waals surface area (Å²) in [6.07, 6.45) is 15.5. The van der Waals surface area contributed by atoms with E-state index in [-0.39, 0.29) is 17.2 Å². The van der Waals surface area contributed by atoms with Crippen LogP contribution < -0.4 is 0 Å². The average molecular weight is 419 g/mol. The molecule has 4 nitrogen and oxygen atoms in total. The maximum atomic E-state index is 12.3. The van der Waals surface area contributed by atoms with Crippen LogP contribution in [0.1, 0.15) is 97.3 Å². The number of unbranched alkanes of at least 4 members (excludes halogenated alkanes) is 3. The van der Waals surface area contributed by atoms with Gasteiger partial charge < -0.3 is 14.2 Å². The van der Waals surface area contributed by atoms with Crippen LogP contribution in [0.25, 0.3) is 0 Å². The zero-order valence-electron chi connectivity index (χ0n) is 19.3. The lowest BCUT2D eigenvalue weighted by atomic mass is 9.52. The van der Waals surface area contributed by atoms with Crippen molar-refractivity contribution in [2.45, 2.75) is 109 Å². The lowest BCUT2D eigenvalue weighted by Gasteiger charge is -2.60. The highest BCUT2D eigenvalue weighted by Gasteiger charge is 2.60. The maximum Gasteiger partial charge on any atom is 0.333 e. The van der Waals surface area contributed by atoms with Crippen LogP contribution in [0.5, 0.6) is 0 Å². The minimum atomic E-state index is -0.293. The van der Waals surface area contributed by atoms with Crippen molar-refractivity contribution in [3.05, 3.63) is 12.2 Å². The average Bonchev–Trinajstić information content (AvgIpc) is 2.63. The molecule has 1 heterocycles. The molecule has 4 saturated carbocycles. The van der Waals surface area contributed by atoms with E-state index in [9.17, 15) is 4.79 Å². The lowest BCUT2D eigenvalue weighted by molar-refractivity contribution is -0.232. The second-order valence-electron chi connectivity index (χ2n) is 11.3. The number of carbonyl (C=O) groups is 1. The summed E-state index contributed by atoms with van der Waals surface area (Å²) in [6, 6.07) is 0. The molecule has 0 aromatic rings. The summed E-state index contributed by atoms with van der Waals surface area (Å²) in [7, 11) is 0. The van der Waals surface area contributed by atoms with Gasteiger partial charge in [-0.05, 0) is 70.1 Å². The third-order valence-corrected chi connectivity index (χ3v) is 8.22. The molecule has 4 bridgehead atoms. The normalized spacial score (nSPS) is 35.8. The Labute approximate surface area is 183 Å². The summed E-state index contributed by atoms with van der Waals surface area (Å²) < 4.78 is 18.1. The molecule has 0 N–H and O–H groups in total. The summed E-state index contributed by atoms with van der Waals surface area (Å²) in [5.74, 6) is 1.09. The van der Waals surface area contributed by atoms with E-state index >= 15 is 0 Å². The second kappa shape index (κ2) is 8.94. The molecule has 2 atom stereocenters. The van der Waals surface area contributed by atoms with Gasteiger partial charge in [0.25, 0.3) is 0 Å². The summed E-state index contributed by atoms with van der Waals surface area (Å²) in [5.41, 5.74) is 0.668. The Morgan fingerprint density at radius 3 is 2.27 bits per heavy atom. The van der Waals surface area contributed by atoms with Gasteiger partial charge in [-0.15, -0.1) is 0 Å². The number of carbonyl (C=O) groups excluding carboxylic acids is 1. The fourth-order valence-corrected chi connectivity index (χ4v) is 7.25. The first-order valence-electron chi connectivity index (χ1n) is 12.5. The topological polar surface area (TPSA) is 44.8 Å². The molecule has 5 aliphatic rings. The molecule has 0 radical (unpaired) electrons. The monoisotopic (exact) mass is 418 g/mol. The van der Waals surface area contributed by atoms with Crippen molar-refractivity contribution in [2.24, 2.45) is 17.3 Å². The number of hydrogen-bond acceptors (Lipinski definition) is 4. The third-order valence-electron chi connectivity index (χ3n) is 8.22. The van der Waals surface area contributed by atoms with Crippen molar-refractivity contribution in [2.75, 3.05) is 19.8 Å². The third kappa shape index (κ3) is 4.80. The summed E-state index contributed by atoms with van der Waals surface area (Å²) in [5, 5.41) is 0. The number of rotatable bonds is 12. The van der Waals surface area contributed by atoms with Gasteiger partial charge in [0.1, 0.15) is 5.60 Å². The fourth-order valence-electron chi connectivity index (χ4n) is 7.25. The van der Waals surface area contributed by atoms with E-state index in [1.165, 1.54) is 44.9 Å². The Bertz CT molecular complexity index is 621. The van der Waals surface area contributed by atoms with E-state index in [1.807, 2.05) is 0 Å². The van der Waals surface area contributed by atoms with E-state index in [4.69, 9.17) is 14.2 Å². The molecule has 5 rings (SSSR count). The Hall–Kier alpha value is -0.870. The first kappa shape index (κ1) is 22.3. The molecular formula is C26H42O4. The molecule has 4 aliphatic carbocycles. The Morgan fingerprint density at radius 1 is 1.00 bits per heavy atom. The Balaban J connectivity index is 1.20. The molecule has 1 saturated heterocycles. The molecule has 1 aliphatic heterocycles. The van der Waals surface area contributed by atoms with Crippen molar-refractivity contribution >= 4 is 5.97 Å². The zero-order chi connectivity index (χ0) is 21.2. The van der Waals surface area contributed by atoms with Crippen molar-refractivity contribution in [1.29, 1.82) is 0 Å². The van der Waals surface area contributed by atoms with Gasteiger partial charge >= 0.3 is 5.97 Å². The predicted molar refractivity (Wildman–Crippen MR) is 118 cm³/mol. The minimum absolute atomic E-state index is 0.0477. The molecule has 0 spiro atoms. The number of esters is 1. The first-order valence-corrected chi connectivity index (χ1v) is 12.5. The van der Waals surface area contributed by atoms with Crippen LogP contribution in [0.4, 0.5) is 0 Å². The van der Waals surface area contributed by atoms with Crippen LogP contribution in [0.2, 0.25) is 0 Å². The van der Waals surface area contributed by atoms with Gasteiger partial charge in [-0.3, -0.25) is 0 Å². The van der Waals surface area contributed by atoms with Gasteiger partial charge in [0.15, 0.2) is 0 Å². The SMILES string of the molecule is C=C(C)C(=O)OC12CC3CC(CC(OCCCCCCC4(CCC)COC4)(C3)C1)C2. The molecule has 0 amide bonds. The molecule has 2 unspecified atom stereocenters. The smallest absolute Gasteiger partial charge is 0.333 e. The molecular weight excluding hydrogens is 376 g/mol. The number of ether oxygens (including phenoxy) is 3. The second-order valence-corrected chi connectivity index (χ2v) is 11.3. The van der Waals surface area contributed by atoms with Gasteiger partial charge in [0.2, 0.25) is 0 Å². The van der Waals surface area contributed by atoms with E-state index in [1.54, 1.807) is 6.92 Å². The molecule has 0 aromatic heterocycles. The predicted octanol–water partition coefficient (Wildman–Crippen LogP) is 5.98. The van der Waals surface area contributed by atoms with Crippen molar-refractivity contribution in [3.63, 3.8) is 0 Å². The number of hydrogen-bond donors (Lipinski definition) is 0. The quantitative estimate of drug-likeness (QED) is 0.222. The Kier molecular flexibility index (Phi) is 6.65. The van der Waals surface area contributed by atoms with Gasteiger partial charge in [-0.1, -0.05) is 39.2 Å². The molecule has 5 fully saturated rings. The molecule has 30 heavy (non-hydrogen) atoms. The van der Waals surface area contributed by atoms with Crippen LogP contribution in [-0.4, -0.2) is 37.0 Å². The van der Waals surface area contributed by atoms with Gasteiger partial charge in [-0.2, -0.15) is 0 Å². The first-order chi connectivity index (χ1) is 14.4. The highest BCUT2D eigenvalue weighted by atomic mass is 16.6. The Morgan fingerprint density at radius 2 is 1.67 bits per heavy atom. The largest absolute Gasteiger partial charge is 0.456 e. The summed E-state index contributed by atoms with van der Waals surface area (Å²) in [6.45, 7) is 10.6. The fraction of sp³-hybridized carbons (Fsp3) is 0.885. The lowest BCUT2D eigenvalue weighted by Crippen LogP contribution is -2.61. The van der Waals surface area contributed by atoms with Gasteiger partial charge in [-0.25, -0.2) is 4.79 Å². The van der Waals surface area contributed by atoms with E-state index in [0.717, 1.165) is 58.3 Å². The van der Waals surface area contributed by atoms with Crippen LogP contribution in [0, 0.1) is 17.3 Å². The zero-order valence-corrected chi connectivity index (χ0v) is 19.3. The molecule has 170 valence electrons. The summed E-state index contributed by atoms with van der Waals surface area (Å²) in [4.78, 5) is 12.3.